The van der Waals surface area contributed by atoms with Crippen molar-refractivity contribution in [3.8, 4) is 17.9 Å². The molecule has 0 aliphatic carbocycles. The number of hydrogen-bond acceptors (Lipinski definition) is 3. The van der Waals surface area contributed by atoms with E-state index in [2.05, 4.69) is 0 Å². The predicted octanol–water partition coefficient (Wildman–Crippen LogP) is 3.97. The molecule has 0 amide bonds. The van der Waals surface area contributed by atoms with Crippen LogP contribution in [0.25, 0.3) is 6.08 Å². The molecule has 0 heterocycles. The Morgan fingerprint density at radius 3 is 2.55 bits per heavy atom. The lowest BCUT2D eigenvalue weighted by Crippen LogP contribution is -1.99. The fourth-order valence-corrected chi connectivity index (χ4v) is 1.75. The summed E-state index contributed by atoms with van der Waals surface area (Å²) in [5, 5.41) is 17.4. The Labute approximate surface area is 126 Å². The van der Waals surface area contributed by atoms with Gasteiger partial charge >= 0.3 is 0 Å². The van der Waals surface area contributed by atoms with Gasteiger partial charge in [0.05, 0.1) is 0 Å². The maximum atomic E-state index is 13.5. The number of hydrogen-bond donors (Lipinski definition) is 0. The van der Waals surface area contributed by atoms with E-state index >= 15 is 0 Å². The molecule has 0 fully saturated rings. The van der Waals surface area contributed by atoms with Gasteiger partial charge in [-0.2, -0.15) is 10.5 Å². The molecule has 2 aromatic carbocycles. The number of allylic oxidation sites excluding steroid dienone is 1. The zero-order valence-electron chi connectivity index (χ0n) is 11.4. The van der Waals surface area contributed by atoms with Gasteiger partial charge in [0.1, 0.15) is 41.7 Å². The molecular formula is C17H10F2N2O. The van der Waals surface area contributed by atoms with Crippen molar-refractivity contribution in [2.45, 2.75) is 6.61 Å². The molecule has 0 aliphatic rings. The standard InChI is InChI=1S/C17H10F2N2O/c18-15-5-4-14(17(19)8-15)11-22-16-3-1-2-12(7-16)6-13(9-20)10-21/h1-8H,11H2. The average molecular weight is 296 g/mol. The summed E-state index contributed by atoms with van der Waals surface area (Å²) in [5.41, 5.74) is 0.828. The molecule has 0 saturated carbocycles. The normalized spacial score (nSPS) is 9.45. The fraction of sp³-hybridized carbons (Fsp3) is 0.0588. The van der Waals surface area contributed by atoms with Crippen LogP contribution in [0, 0.1) is 34.3 Å². The third-order valence-electron chi connectivity index (χ3n) is 2.82. The molecule has 0 aromatic heterocycles. The van der Waals surface area contributed by atoms with Crippen molar-refractivity contribution >= 4 is 6.08 Å². The van der Waals surface area contributed by atoms with E-state index in [1.54, 1.807) is 36.4 Å². The van der Waals surface area contributed by atoms with E-state index in [0.29, 0.717) is 11.3 Å². The third kappa shape index (κ3) is 3.91. The Kier molecular flexibility index (Phi) is 4.85. The highest BCUT2D eigenvalue weighted by molar-refractivity contribution is 5.62. The summed E-state index contributed by atoms with van der Waals surface area (Å²) < 4.78 is 31.8. The van der Waals surface area contributed by atoms with Crippen LogP contribution in [-0.4, -0.2) is 0 Å². The fourth-order valence-electron chi connectivity index (χ4n) is 1.75. The Hall–Kier alpha value is -3.18. The smallest absolute Gasteiger partial charge is 0.132 e. The van der Waals surface area contributed by atoms with Gasteiger partial charge in [-0.15, -0.1) is 0 Å². The molecule has 0 saturated heterocycles. The molecule has 2 rings (SSSR count). The summed E-state index contributed by atoms with van der Waals surface area (Å²) in [5.74, 6) is -0.867. The molecule has 22 heavy (non-hydrogen) atoms. The first-order chi connectivity index (χ1) is 10.6. The van der Waals surface area contributed by atoms with Crippen molar-refractivity contribution < 1.29 is 13.5 Å². The van der Waals surface area contributed by atoms with Crippen LogP contribution in [0.3, 0.4) is 0 Å². The van der Waals surface area contributed by atoms with Crippen molar-refractivity contribution in [2.75, 3.05) is 0 Å². The van der Waals surface area contributed by atoms with Crippen molar-refractivity contribution in [1.29, 1.82) is 10.5 Å². The van der Waals surface area contributed by atoms with E-state index in [9.17, 15) is 8.78 Å². The zero-order chi connectivity index (χ0) is 15.9. The lowest BCUT2D eigenvalue weighted by molar-refractivity contribution is 0.299. The van der Waals surface area contributed by atoms with Gasteiger partial charge in [0.2, 0.25) is 0 Å². The molecule has 3 nitrogen and oxygen atoms in total. The van der Waals surface area contributed by atoms with Crippen LogP contribution in [0.15, 0.2) is 48.0 Å². The lowest BCUT2D eigenvalue weighted by atomic mass is 10.1. The van der Waals surface area contributed by atoms with Gasteiger partial charge in [-0.25, -0.2) is 8.78 Å². The Morgan fingerprint density at radius 2 is 1.86 bits per heavy atom. The SMILES string of the molecule is N#CC(C#N)=Cc1cccc(OCc2ccc(F)cc2F)c1. The van der Waals surface area contributed by atoms with E-state index in [1.807, 2.05) is 0 Å². The minimum absolute atomic E-state index is 0.0262. The molecule has 0 radical (unpaired) electrons. The van der Waals surface area contributed by atoms with Crippen molar-refractivity contribution in [2.24, 2.45) is 0 Å². The molecule has 0 spiro atoms. The molecule has 0 N–H and O–H groups in total. The summed E-state index contributed by atoms with van der Waals surface area (Å²) >= 11 is 0. The largest absolute Gasteiger partial charge is 0.489 e. The molecule has 5 heteroatoms. The number of nitriles is 2. The van der Waals surface area contributed by atoms with Gasteiger partial charge in [-0.3, -0.25) is 0 Å². The highest BCUT2D eigenvalue weighted by Gasteiger charge is 2.05. The van der Waals surface area contributed by atoms with Crippen molar-refractivity contribution in [3.63, 3.8) is 0 Å². The van der Waals surface area contributed by atoms with Gasteiger partial charge in [0, 0.05) is 11.6 Å². The molecule has 108 valence electrons. The summed E-state index contributed by atoms with van der Waals surface area (Å²) in [7, 11) is 0. The summed E-state index contributed by atoms with van der Waals surface area (Å²) in [6.45, 7) is -0.0529. The van der Waals surface area contributed by atoms with E-state index in [-0.39, 0.29) is 17.7 Å². The molecule has 0 unspecified atom stereocenters. The van der Waals surface area contributed by atoms with E-state index in [1.165, 1.54) is 12.1 Å². The second-order valence-corrected chi connectivity index (χ2v) is 4.38. The monoisotopic (exact) mass is 296 g/mol. The molecule has 2 aromatic rings. The average Bonchev–Trinajstić information content (AvgIpc) is 2.52. The van der Waals surface area contributed by atoms with Gasteiger partial charge in [0.15, 0.2) is 0 Å². The van der Waals surface area contributed by atoms with Crippen LogP contribution in [-0.2, 0) is 6.61 Å². The summed E-state index contributed by atoms with van der Waals surface area (Å²) in [6.07, 6.45) is 1.42. The number of benzene rings is 2. The second-order valence-electron chi connectivity index (χ2n) is 4.38. The van der Waals surface area contributed by atoms with E-state index in [0.717, 1.165) is 12.1 Å². The van der Waals surface area contributed by atoms with E-state index < -0.39 is 11.6 Å². The molecular weight excluding hydrogens is 286 g/mol. The van der Waals surface area contributed by atoms with Gasteiger partial charge < -0.3 is 4.74 Å². The summed E-state index contributed by atoms with van der Waals surface area (Å²) in [4.78, 5) is 0. The Morgan fingerprint density at radius 1 is 1.09 bits per heavy atom. The first-order valence-corrected chi connectivity index (χ1v) is 6.31. The van der Waals surface area contributed by atoms with Gasteiger partial charge in [-0.1, -0.05) is 12.1 Å². The van der Waals surface area contributed by atoms with Crippen molar-refractivity contribution in [3.05, 3.63) is 70.8 Å². The first kappa shape index (κ1) is 15.2. The molecule has 0 atom stereocenters. The number of halogens is 2. The zero-order valence-corrected chi connectivity index (χ0v) is 11.4. The van der Waals surface area contributed by atoms with Crippen LogP contribution in [0.2, 0.25) is 0 Å². The van der Waals surface area contributed by atoms with Crippen LogP contribution >= 0.6 is 0 Å². The maximum Gasteiger partial charge on any atom is 0.132 e. The van der Waals surface area contributed by atoms with Crippen LogP contribution < -0.4 is 4.74 Å². The first-order valence-electron chi connectivity index (χ1n) is 6.31. The molecule has 0 aliphatic heterocycles. The van der Waals surface area contributed by atoms with Crippen LogP contribution in [0.4, 0.5) is 8.78 Å². The highest BCUT2D eigenvalue weighted by atomic mass is 19.1. The second kappa shape index (κ2) is 7.01. The minimum atomic E-state index is -0.674. The Balaban J connectivity index is 2.13. The van der Waals surface area contributed by atoms with Crippen LogP contribution in [0.5, 0.6) is 5.75 Å². The topological polar surface area (TPSA) is 56.8 Å². The predicted molar refractivity (Wildman–Crippen MR) is 76.3 cm³/mol. The van der Waals surface area contributed by atoms with E-state index in [4.69, 9.17) is 15.3 Å². The highest BCUT2D eigenvalue weighted by Crippen LogP contribution is 2.18. The third-order valence-corrected chi connectivity index (χ3v) is 2.82. The quantitative estimate of drug-likeness (QED) is 0.802. The van der Waals surface area contributed by atoms with Crippen LogP contribution in [0.1, 0.15) is 11.1 Å². The number of rotatable bonds is 4. The number of nitrogens with zero attached hydrogens (tertiary/aromatic N) is 2. The van der Waals surface area contributed by atoms with Gasteiger partial charge in [0.25, 0.3) is 0 Å². The number of ether oxygens (including phenoxy) is 1. The summed E-state index contributed by atoms with van der Waals surface area (Å²) in [6, 6.07) is 13.5. The van der Waals surface area contributed by atoms with Crippen molar-refractivity contribution in [1.82, 2.24) is 0 Å². The minimum Gasteiger partial charge on any atom is -0.489 e. The lowest BCUT2D eigenvalue weighted by Gasteiger charge is -2.08. The maximum absolute atomic E-state index is 13.5. The Bertz CT molecular complexity index is 785. The molecule has 0 bridgehead atoms. The van der Waals surface area contributed by atoms with Gasteiger partial charge in [-0.05, 0) is 35.9 Å².